The minimum atomic E-state index is -0.558. The van der Waals surface area contributed by atoms with Gasteiger partial charge in [-0.3, -0.25) is 9.59 Å². The molecule has 0 bridgehead atoms. The Bertz CT molecular complexity index is 1200. The van der Waals surface area contributed by atoms with Gasteiger partial charge in [-0.2, -0.15) is 0 Å². The van der Waals surface area contributed by atoms with Crippen LogP contribution < -0.4 is 0 Å². The van der Waals surface area contributed by atoms with Crippen LogP contribution in [0.2, 0.25) is 10.0 Å². The summed E-state index contributed by atoms with van der Waals surface area (Å²) in [6, 6.07) is 9.05. The van der Waals surface area contributed by atoms with Gasteiger partial charge >= 0.3 is 5.97 Å². The van der Waals surface area contributed by atoms with Crippen molar-refractivity contribution >= 4 is 46.1 Å². The van der Waals surface area contributed by atoms with Crippen molar-refractivity contribution < 1.29 is 18.7 Å². The monoisotopic (exact) mass is 505 g/mol. The quantitative estimate of drug-likeness (QED) is 0.418. The van der Waals surface area contributed by atoms with E-state index in [1.165, 1.54) is 12.1 Å². The largest absolute Gasteiger partial charge is 0.466 e. The summed E-state index contributed by atoms with van der Waals surface area (Å²) in [5, 5.41) is 0.755. The number of fused-ring (bicyclic) bond motifs is 1. The lowest BCUT2D eigenvalue weighted by Gasteiger charge is -2.33. The van der Waals surface area contributed by atoms with Crippen LogP contribution in [0.4, 0.5) is 4.39 Å². The molecule has 1 fully saturated rings. The Balaban J connectivity index is 1.62. The fourth-order valence-electron chi connectivity index (χ4n) is 4.45. The molecule has 3 aromatic rings. The van der Waals surface area contributed by atoms with Gasteiger partial charge in [0.25, 0.3) is 0 Å². The highest BCUT2D eigenvalue weighted by molar-refractivity contribution is 6.42. The summed E-state index contributed by atoms with van der Waals surface area (Å²) < 4.78 is 20.4. The number of ether oxygens (including phenoxy) is 1. The van der Waals surface area contributed by atoms with E-state index in [2.05, 4.69) is 0 Å². The molecule has 1 saturated heterocycles. The van der Waals surface area contributed by atoms with Gasteiger partial charge in [0.15, 0.2) is 0 Å². The number of likely N-dealkylation sites (tertiary alicyclic amines) is 1. The average molecular weight is 506 g/mol. The molecule has 34 heavy (non-hydrogen) atoms. The summed E-state index contributed by atoms with van der Waals surface area (Å²) >= 11 is 12.5. The van der Waals surface area contributed by atoms with Crippen molar-refractivity contribution in [1.29, 1.82) is 0 Å². The van der Waals surface area contributed by atoms with Gasteiger partial charge in [-0.15, -0.1) is 0 Å². The molecule has 1 atom stereocenters. The lowest BCUT2D eigenvalue weighted by Crippen LogP contribution is -2.43. The van der Waals surface area contributed by atoms with Crippen LogP contribution in [0.3, 0.4) is 0 Å². The van der Waals surface area contributed by atoms with Crippen molar-refractivity contribution in [2.75, 3.05) is 19.7 Å². The van der Waals surface area contributed by atoms with Gasteiger partial charge < -0.3 is 14.2 Å². The standard InChI is InChI=1S/C25H26Cl2FN3O3/c1-3-34-25(33)17-8-10-30(11-9-17)24(32)15(2)31-22-14-20(27)19(26)13-21(22)29-23(31)12-16-4-6-18(28)7-5-16/h4-7,13-15,17H,3,8-12H2,1-2H3/t15-/m1/s1. The summed E-state index contributed by atoms with van der Waals surface area (Å²) in [5.41, 5.74) is 2.20. The Morgan fingerprint density at radius 3 is 2.44 bits per heavy atom. The second-order valence-corrected chi connectivity index (χ2v) is 9.30. The smallest absolute Gasteiger partial charge is 0.309 e. The molecule has 1 aromatic heterocycles. The molecule has 0 spiro atoms. The summed E-state index contributed by atoms with van der Waals surface area (Å²) in [4.78, 5) is 32.1. The number of carbonyl (C=O) groups is 2. The number of hydrogen-bond donors (Lipinski definition) is 0. The summed E-state index contributed by atoms with van der Waals surface area (Å²) in [6.45, 7) is 4.94. The van der Waals surface area contributed by atoms with Crippen molar-refractivity contribution in [3.8, 4) is 0 Å². The lowest BCUT2D eigenvalue weighted by molar-refractivity contribution is -0.151. The van der Waals surface area contributed by atoms with Crippen LogP contribution in [-0.4, -0.2) is 46.0 Å². The number of amides is 1. The second-order valence-electron chi connectivity index (χ2n) is 8.48. The first-order valence-electron chi connectivity index (χ1n) is 11.3. The third-order valence-electron chi connectivity index (χ3n) is 6.25. The van der Waals surface area contributed by atoms with Gasteiger partial charge in [-0.05, 0) is 56.5 Å². The first-order chi connectivity index (χ1) is 16.3. The number of imidazole rings is 1. The van der Waals surface area contributed by atoms with Gasteiger partial charge in [0.1, 0.15) is 17.7 Å². The third-order valence-corrected chi connectivity index (χ3v) is 6.97. The van der Waals surface area contributed by atoms with E-state index in [0.29, 0.717) is 65.9 Å². The maximum absolute atomic E-state index is 13.5. The van der Waals surface area contributed by atoms with Crippen molar-refractivity contribution in [1.82, 2.24) is 14.5 Å². The first kappa shape index (κ1) is 24.5. The molecule has 2 heterocycles. The lowest BCUT2D eigenvalue weighted by atomic mass is 9.96. The van der Waals surface area contributed by atoms with Crippen LogP contribution in [0.25, 0.3) is 11.0 Å². The molecule has 2 aromatic carbocycles. The zero-order valence-corrected chi connectivity index (χ0v) is 20.6. The minimum Gasteiger partial charge on any atom is -0.466 e. The number of nitrogens with zero attached hydrogens (tertiary/aromatic N) is 3. The van der Waals surface area contributed by atoms with Gasteiger partial charge in [-0.1, -0.05) is 35.3 Å². The van der Waals surface area contributed by atoms with Gasteiger partial charge in [0, 0.05) is 19.5 Å². The van der Waals surface area contributed by atoms with Crippen LogP contribution in [0.5, 0.6) is 0 Å². The minimum absolute atomic E-state index is 0.0620. The molecule has 0 radical (unpaired) electrons. The number of aromatic nitrogens is 2. The van der Waals surface area contributed by atoms with Crippen LogP contribution in [0.15, 0.2) is 36.4 Å². The second kappa shape index (κ2) is 10.3. The average Bonchev–Trinajstić information content (AvgIpc) is 3.16. The van der Waals surface area contributed by atoms with E-state index in [9.17, 15) is 14.0 Å². The molecule has 1 aliphatic heterocycles. The van der Waals surface area contributed by atoms with E-state index in [-0.39, 0.29) is 23.6 Å². The molecule has 9 heteroatoms. The van der Waals surface area contributed by atoms with E-state index in [1.807, 2.05) is 11.5 Å². The Kier molecular flexibility index (Phi) is 7.43. The molecular weight excluding hydrogens is 480 g/mol. The van der Waals surface area contributed by atoms with E-state index in [4.69, 9.17) is 32.9 Å². The Hall–Kier alpha value is -2.64. The SMILES string of the molecule is CCOC(=O)C1CCN(C(=O)[C@@H](C)n2c(Cc3ccc(F)cc3)nc3cc(Cl)c(Cl)cc32)CC1. The summed E-state index contributed by atoms with van der Waals surface area (Å²) in [5.74, 6) is -0.0967. The van der Waals surface area contributed by atoms with Crippen molar-refractivity contribution in [2.45, 2.75) is 39.2 Å². The molecule has 1 amide bonds. The van der Waals surface area contributed by atoms with E-state index in [1.54, 1.807) is 36.1 Å². The predicted octanol–water partition coefficient (Wildman–Crippen LogP) is 5.44. The molecule has 180 valence electrons. The molecule has 0 aliphatic carbocycles. The van der Waals surface area contributed by atoms with Gasteiger partial charge in [-0.25, -0.2) is 9.37 Å². The first-order valence-corrected chi connectivity index (χ1v) is 12.1. The number of hydrogen-bond acceptors (Lipinski definition) is 4. The van der Waals surface area contributed by atoms with E-state index < -0.39 is 6.04 Å². The topological polar surface area (TPSA) is 64.4 Å². The van der Waals surface area contributed by atoms with E-state index >= 15 is 0 Å². The van der Waals surface area contributed by atoms with Gasteiger partial charge in [0.05, 0.1) is 33.6 Å². The molecule has 4 rings (SSSR count). The molecular formula is C25H26Cl2FN3O3. The van der Waals surface area contributed by atoms with Crippen LogP contribution in [-0.2, 0) is 20.7 Å². The fraction of sp³-hybridized carbons (Fsp3) is 0.400. The Labute approximate surface area is 207 Å². The third kappa shape index (κ3) is 5.05. The maximum atomic E-state index is 13.5. The van der Waals surface area contributed by atoms with E-state index in [0.717, 1.165) is 5.56 Å². The summed E-state index contributed by atoms with van der Waals surface area (Å²) in [6.07, 6.45) is 1.56. The molecule has 0 saturated carbocycles. The highest BCUT2D eigenvalue weighted by atomic mass is 35.5. The number of rotatable bonds is 6. The number of halogens is 3. The van der Waals surface area contributed by atoms with Crippen LogP contribution in [0.1, 0.15) is 44.1 Å². The zero-order chi connectivity index (χ0) is 24.4. The zero-order valence-electron chi connectivity index (χ0n) is 19.1. The maximum Gasteiger partial charge on any atom is 0.309 e. The van der Waals surface area contributed by atoms with Crippen LogP contribution >= 0.6 is 23.2 Å². The van der Waals surface area contributed by atoms with Crippen molar-refractivity contribution in [3.63, 3.8) is 0 Å². The molecule has 0 unspecified atom stereocenters. The highest BCUT2D eigenvalue weighted by Crippen LogP contribution is 2.32. The fourth-order valence-corrected chi connectivity index (χ4v) is 4.77. The Morgan fingerprint density at radius 2 is 1.79 bits per heavy atom. The molecule has 0 N–H and O–H groups in total. The molecule has 1 aliphatic rings. The predicted molar refractivity (Wildman–Crippen MR) is 130 cm³/mol. The number of carbonyl (C=O) groups excluding carboxylic acids is 2. The van der Waals surface area contributed by atoms with Gasteiger partial charge in [0.2, 0.25) is 5.91 Å². The number of benzene rings is 2. The highest BCUT2D eigenvalue weighted by Gasteiger charge is 2.32. The number of piperidine rings is 1. The normalized spacial score (nSPS) is 15.5. The molecule has 6 nitrogen and oxygen atoms in total. The van der Waals surface area contributed by atoms with Crippen molar-refractivity contribution in [3.05, 3.63) is 63.6 Å². The van der Waals surface area contributed by atoms with Crippen LogP contribution in [0, 0.1) is 11.7 Å². The summed E-state index contributed by atoms with van der Waals surface area (Å²) in [7, 11) is 0. The Morgan fingerprint density at radius 1 is 1.15 bits per heavy atom. The van der Waals surface area contributed by atoms with Crippen molar-refractivity contribution in [2.24, 2.45) is 5.92 Å². The number of esters is 1.